The molecule has 2 rings (SSSR count). The fraction of sp³-hybridized carbons (Fsp3) is 0.238. The van der Waals surface area contributed by atoms with Crippen LogP contribution in [0, 0.1) is 0 Å². The Morgan fingerprint density at radius 1 is 1.04 bits per heavy atom. The van der Waals surface area contributed by atoms with Crippen LogP contribution in [0.1, 0.15) is 29.3 Å². The van der Waals surface area contributed by atoms with Gasteiger partial charge in [-0.2, -0.15) is 0 Å². The van der Waals surface area contributed by atoms with Gasteiger partial charge in [0.05, 0.1) is 6.61 Å². The van der Waals surface area contributed by atoms with E-state index in [1.807, 2.05) is 56.3 Å². The number of anilines is 1. The lowest BCUT2D eigenvalue weighted by atomic mass is 10.1. The zero-order chi connectivity index (χ0) is 18.9. The third-order valence-corrected chi connectivity index (χ3v) is 3.66. The fourth-order valence-corrected chi connectivity index (χ4v) is 2.24. The van der Waals surface area contributed by atoms with E-state index in [1.165, 1.54) is 0 Å². The molecule has 26 heavy (non-hydrogen) atoms. The molecule has 0 aliphatic rings. The van der Waals surface area contributed by atoms with Gasteiger partial charge >= 0.3 is 5.97 Å². The summed E-state index contributed by atoms with van der Waals surface area (Å²) >= 11 is 0. The zero-order valence-corrected chi connectivity index (χ0v) is 15.4. The molecule has 0 aromatic heterocycles. The van der Waals surface area contributed by atoms with Gasteiger partial charge in [-0.15, -0.1) is 0 Å². The predicted octanol–water partition coefficient (Wildman–Crippen LogP) is 3.48. The second kappa shape index (κ2) is 9.42. The Balaban J connectivity index is 2.25. The van der Waals surface area contributed by atoms with E-state index < -0.39 is 5.97 Å². The number of carbonyl (C=O) groups excluding carboxylic acids is 2. The molecule has 1 N–H and O–H groups in total. The number of esters is 1. The Hall–Kier alpha value is -3.08. The Morgan fingerprint density at radius 3 is 2.27 bits per heavy atom. The summed E-state index contributed by atoms with van der Waals surface area (Å²) in [6, 6.07) is 16.4. The van der Waals surface area contributed by atoms with Crippen LogP contribution < -0.4 is 10.2 Å². The first-order valence-electron chi connectivity index (χ1n) is 8.54. The molecule has 0 atom stereocenters. The van der Waals surface area contributed by atoms with Crippen molar-refractivity contribution in [2.45, 2.75) is 13.3 Å². The number of ether oxygens (including phenoxy) is 1. The minimum Gasteiger partial charge on any atom is -0.461 e. The van der Waals surface area contributed by atoms with Gasteiger partial charge in [0.25, 0.3) is 5.91 Å². The lowest BCUT2D eigenvalue weighted by Gasteiger charge is -2.13. The normalized spacial score (nSPS) is 11.0. The third-order valence-electron chi connectivity index (χ3n) is 3.66. The van der Waals surface area contributed by atoms with Gasteiger partial charge < -0.3 is 15.0 Å². The van der Waals surface area contributed by atoms with Crippen LogP contribution >= 0.6 is 0 Å². The summed E-state index contributed by atoms with van der Waals surface area (Å²) in [5, 5.41) is 2.67. The second-order valence-electron chi connectivity index (χ2n) is 6.00. The number of nitrogens with zero attached hydrogens (tertiary/aromatic N) is 1. The molecule has 0 saturated carbocycles. The summed E-state index contributed by atoms with van der Waals surface area (Å²) < 4.78 is 5.19. The standard InChI is InChI=1S/C21H24N2O3/c1-4-14-26-21(25)19(22-20(24)17-8-6-5-7-9-17)15-16-10-12-18(13-11-16)23(2)3/h5-13,15H,4,14H2,1-3H3,(H,22,24). The molecule has 0 bridgehead atoms. The first-order valence-corrected chi connectivity index (χ1v) is 8.54. The summed E-state index contributed by atoms with van der Waals surface area (Å²) in [6.07, 6.45) is 2.33. The van der Waals surface area contributed by atoms with E-state index in [0.29, 0.717) is 18.6 Å². The number of carbonyl (C=O) groups is 2. The quantitative estimate of drug-likeness (QED) is 0.612. The Kier molecular flexibility index (Phi) is 6.97. The van der Waals surface area contributed by atoms with Crippen LogP contribution in [0.2, 0.25) is 0 Å². The summed E-state index contributed by atoms with van der Waals surface area (Å²) in [5.74, 6) is -0.900. The number of benzene rings is 2. The summed E-state index contributed by atoms with van der Waals surface area (Å²) in [6.45, 7) is 2.22. The number of hydrogen-bond acceptors (Lipinski definition) is 4. The molecule has 0 aliphatic heterocycles. The molecule has 2 aromatic carbocycles. The molecule has 1 amide bonds. The van der Waals surface area contributed by atoms with E-state index in [2.05, 4.69) is 5.32 Å². The fourth-order valence-electron chi connectivity index (χ4n) is 2.24. The predicted molar refractivity (Wildman–Crippen MR) is 104 cm³/mol. The molecule has 0 spiro atoms. The number of hydrogen-bond donors (Lipinski definition) is 1. The van der Waals surface area contributed by atoms with Crippen LogP contribution in [0.25, 0.3) is 6.08 Å². The highest BCUT2D eigenvalue weighted by molar-refractivity contribution is 6.03. The molecule has 0 heterocycles. The van der Waals surface area contributed by atoms with Gasteiger partial charge in [0.2, 0.25) is 0 Å². The lowest BCUT2D eigenvalue weighted by molar-refractivity contribution is -0.139. The maximum absolute atomic E-state index is 12.4. The maximum atomic E-state index is 12.4. The van der Waals surface area contributed by atoms with Gasteiger partial charge in [0.1, 0.15) is 5.70 Å². The minimum atomic E-state index is -0.548. The zero-order valence-electron chi connectivity index (χ0n) is 15.4. The molecule has 5 heteroatoms. The highest BCUT2D eigenvalue weighted by Gasteiger charge is 2.15. The van der Waals surface area contributed by atoms with E-state index in [-0.39, 0.29) is 11.6 Å². The van der Waals surface area contributed by atoms with E-state index in [9.17, 15) is 9.59 Å². The van der Waals surface area contributed by atoms with Crippen LogP contribution in [0.3, 0.4) is 0 Å². The summed E-state index contributed by atoms with van der Waals surface area (Å²) in [7, 11) is 3.91. The lowest BCUT2D eigenvalue weighted by Crippen LogP contribution is -2.28. The number of rotatable bonds is 7. The van der Waals surface area contributed by atoms with Crippen molar-refractivity contribution in [2.75, 3.05) is 25.6 Å². The average molecular weight is 352 g/mol. The van der Waals surface area contributed by atoms with E-state index >= 15 is 0 Å². The third kappa shape index (κ3) is 5.48. The number of nitrogens with one attached hydrogen (secondary N) is 1. The van der Waals surface area contributed by atoms with Crippen molar-refractivity contribution in [3.63, 3.8) is 0 Å². The van der Waals surface area contributed by atoms with E-state index in [1.54, 1.807) is 30.3 Å². The van der Waals surface area contributed by atoms with Crippen LogP contribution in [-0.2, 0) is 9.53 Å². The topological polar surface area (TPSA) is 58.6 Å². The largest absolute Gasteiger partial charge is 0.461 e. The highest BCUT2D eigenvalue weighted by atomic mass is 16.5. The van der Waals surface area contributed by atoms with Gasteiger partial charge in [-0.05, 0) is 42.3 Å². The summed E-state index contributed by atoms with van der Waals surface area (Å²) in [4.78, 5) is 26.7. The van der Waals surface area contributed by atoms with Crippen LogP contribution in [0.4, 0.5) is 5.69 Å². The van der Waals surface area contributed by atoms with Crippen LogP contribution in [0.5, 0.6) is 0 Å². The van der Waals surface area contributed by atoms with Gasteiger partial charge in [0, 0.05) is 25.3 Å². The maximum Gasteiger partial charge on any atom is 0.354 e. The molecular formula is C21H24N2O3. The van der Waals surface area contributed by atoms with Gasteiger partial charge in [-0.1, -0.05) is 37.3 Å². The van der Waals surface area contributed by atoms with Crippen molar-refractivity contribution in [1.29, 1.82) is 0 Å². The van der Waals surface area contributed by atoms with Crippen molar-refractivity contribution in [3.8, 4) is 0 Å². The molecule has 5 nitrogen and oxygen atoms in total. The van der Waals surface area contributed by atoms with E-state index in [0.717, 1.165) is 11.3 Å². The molecule has 2 aromatic rings. The molecule has 0 saturated heterocycles. The minimum absolute atomic E-state index is 0.116. The highest BCUT2D eigenvalue weighted by Crippen LogP contribution is 2.15. The Bertz CT molecular complexity index is 766. The van der Waals surface area contributed by atoms with Crippen LogP contribution in [0.15, 0.2) is 60.3 Å². The van der Waals surface area contributed by atoms with Gasteiger partial charge in [-0.25, -0.2) is 4.79 Å². The van der Waals surface area contributed by atoms with Crippen molar-refractivity contribution in [1.82, 2.24) is 5.32 Å². The summed E-state index contributed by atoms with van der Waals surface area (Å²) in [5.41, 5.74) is 2.44. The monoisotopic (exact) mass is 352 g/mol. The number of amides is 1. The molecule has 0 radical (unpaired) electrons. The van der Waals surface area contributed by atoms with Gasteiger partial charge in [0.15, 0.2) is 0 Å². The van der Waals surface area contributed by atoms with Crippen molar-refractivity contribution in [2.24, 2.45) is 0 Å². The van der Waals surface area contributed by atoms with Crippen molar-refractivity contribution in [3.05, 3.63) is 71.4 Å². The molecule has 0 fully saturated rings. The Labute approximate surface area is 154 Å². The van der Waals surface area contributed by atoms with Crippen LogP contribution in [-0.4, -0.2) is 32.6 Å². The first-order chi connectivity index (χ1) is 12.5. The van der Waals surface area contributed by atoms with Crippen molar-refractivity contribution >= 4 is 23.6 Å². The molecule has 0 aliphatic carbocycles. The molecule has 136 valence electrons. The van der Waals surface area contributed by atoms with Gasteiger partial charge in [-0.3, -0.25) is 4.79 Å². The molecule has 0 unspecified atom stereocenters. The smallest absolute Gasteiger partial charge is 0.354 e. The van der Waals surface area contributed by atoms with E-state index in [4.69, 9.17) is 4.74 Å². The SMILES string of the molecule is CCCOC(=O)C(=Cc1ccc(N(C)C)cc1)NC(=O)c1ccccc1. The average Bonchev–Trinajstić information content (AvgIpc) is 2.66. The van der Waals surface area contributed by atoms with Crippen molar-refractivity contribution < 1.29 is 14.3 Å². The first kappa shape index (κ1) is 19.2. The Morgan fingerprint density at radius 2 is 1.69 bits per heavy atom. The molecular weight excluding hydrogens is 328 g/mol. The second-order valence-corrected chi connectivity index (χ2v) is 6.00.